The number of fused-ring (bicyclic) bond motifs is 1. The molecular weight excluding hydrogens is 260 g/mol. The summed E-state index contributed by atoms with van der Waals surface area (Å²) in [5.74, 6) is -0.830. The summed E-state index contributed by atoms with van der Waals surface area (Å²) >= 11 is 0. The minimum Gasteiger partial charge on any atom is -0.479 e. The van der Waals surface area contributed by atoms with Crippen LogP contribution in [0.15, 0.2) is 41.1 Å². The second kappa shape index (κ2) is 4.80. The normalized spacial score (nSPS) is 17.6. The minimum absolute atomic E-state index is 0.241. The van der Waals surface area contributed by atoms with E-state index in [-0.39, 0.29) is 11.6 Å². The molecule has 0 aliphatic carbocycles. The molecule has 0 spiro atoms. The fourth-order valence-electron chi connectivity index (χ4n) is 2.44. The van der Waals surface area contributed by atoms with Gasteiger partial charge in [-0.05, 0) is 18.2 Å². The first-order chi connectivity index (χ1) is 9.68. The van der Waals surface area contributed by atoms with Crippen molar-refractivity contribution in [2.45, 2.75) is 12.5 Å². The average molecular weight is 272 g/mol. The summed E-state index contributed by atoms with van der Waals surface area (Å²) < 4.78 is 5.25. The van der Waals surface area contributed by atoms with Crippen LogP contribution >= 0.6 is 0 Å². The number of amides is 1. The third-order valence-electron chi connectivity index (χ3n) is 3.34. The van der Waals surface area contributed by atoms with E-state index in [0.717, 1.165) is 0 Å². The molecule has 1 aliphatic heterocycles. The lowest BCUT2D eigenvalue weighted by atomic mass is 9.99. The van der Waals surface area contributed by atoms with Crippen LogP contribution < -0.4 is 0 Å². The van der Waals surface area contributed by atoms with Crippen LogP contribution in [0, 0.1) is 0 Å². The zero-order valence-electron chi connectivity index (χ0n) is 10.5. The zero-order valence-corrected chi connectivity index (χ0v) is 10.5. The maximum atomic E-state index is 12.4. The lowest BCUT2D eigenvalue weighted by Crippen LogP contribution is -2.43. The predicted octanol–water partition coefficient (Wildman–Crippen LogP) is 1.50. The molecule has 0 fully saturated rings. The van der Waals surface area contributed by atoms with E-state index < -0.39 is 12.0 Å². The monoisotopic (exact) mass is 272 g/mol. The topological polar surface area (TPSA) is 83.6 Å². The Labute approximate surface area is 114 Å². The highest BCUT2D eigenvalue weighted by molar-refractivity contribution is 5.95. The van der Waals surface area contributed by atoms with Gasteiger partial charge in [-0.1, -0.05) is 6.07 Å². The summed E-state index contributed by atoms with van der Waals surface area (Å²) in [6.07, 6.45) is 3.47. The van der Waals surface area contributed by atoms with Gasteiger partial charge in [0.05, 0.1) is 6.26 Å². The van der Waals surface area contributed by atoms with Crippen LogP contribution in [0.2, 0.25) is 0 Å². The Balaban J connectivity index is 1.98. The van der Waals surface area contributed by atoms with Gasteiger partial charge in [0, 0.05) is 24.7 Å². The molecule has 20 heavy (non-hydrogen) atoms. The number of pyridine rings is 1. The zero-order chi connectivity index (χ0) is 14.1. The summed E-state index contributed by atoms with van der Waals surface area (Å²) in [7, 11) is 0. The third-order valence-corrected chi connectivity index (χ3v) is 3.34. The van der Waals surface area contributed by atoms with Crippen LogP contribution in [-0.2, 0) is 11.2 Å². The van der Waals surface area contributed by atoms with Crippen LogP contribution in [0.5, 0.6) is 0 Å². The van der Waals surface area contributed by atoms with Gasteiger partial charge in [-0.15, -0.1) is 0 Å². The fraction of sp³-hybridized carbons (Fsp3) is 0.214. The lowest BCUT2D eigenvalue weighted by molar-refractivity contribution is -0.143. The summed E-state index contributed by atoms with van der Waals surface area (Å²) in [6.45, 7) is 0.298. The van der Waals surface area contributed by atoms with E-state index in [4.69, 9.17) is 4.42 Å². The molecule has 2 aromatic rings. The molecule has 2 aromatic heterocycles. The summed E-state index contributed by atoms with van der Waals surface area (Å²) in [6, 6.07) is 5.56. The Morgan fingerprint density at radius 3 is 2.90 bits per heavy atom. The highest BCUT2D eigenvalue weighted by atomic mass is 16.4. The van der Waals surface area contributed by atoms with E-state index in [2.05, 4.69) is 4.98 Å². The van der Waals surface area contributed by atoms with Crippen molar-refractivity contribution in [2.24, 2.45) is 0 Å². The maximum absolute atomic E-state index is 12.4. The number of hydrogen-bond acceptors (Lipinski definition) is 4. The number of rotatable bonds is 2. The number of aromatic nitrogens is 1. The Morgan fingerprint density at radius 1 is 1.35 bits per heavy atom. The standard InChI is InChI=1S/C14H12N2O4/c17-13(10-3-1-2-6-15-10)16-7-4-11-9(5-8-20-11)12(16)14(18)19/h1-3,5-6,8,12H,4,7H2,(H,18,19). The van der Waals surface area contributed by atoms with E-state index in [1.165, 1.54) is 17.4 Å². The van der Waals surface area contributed by atoms with Crippen LogP contribution in [0.3, 0.4) is 0 Å². The first kappa shape index (κ1) is 12.4. The molecule has 3 rings (SSSR count). The van der Waals surface area contributed by atoms with Gasteiger partial charge in [-0.25, -0.2) is 4.79 Å². The van der Waals surface area contributed by atoms with Crippen molar-refractivity contribution < 1.29 is 19.1 Å². The molecule has 0 bridgehead atoms. The largest absolute Gasteiger partial charge is 0.479 e. The Kier molecular flexibility index (Phi) is 2.98. The summed E-state index contributed by atoms with van der Waals surface area (Å²) in [5.41, 5.74) is 0.777. The van der Waals surface area contributed by atoms with Crippen molar-refractivity contribution in [2.75, 3.05) is 6.54 Å². The molecule has 0 aromatic carbocycles. The Bertz CT molecular complexity index is 650. The third kappa shape index (κ3) is 1.95. The van der Waals surface area contributed by atoms with Crippen molar-refractivity contribution >= 4 is 11.9 Å². The van der Waals surface area contributed by atoms with Gasteiger partial charge >= 0.3 is 5.97 Å². The number of nitrogens with zero attached hydrogens (tertiary/aromatic N) is 2. The predicted molar refractivity (Wildman–Crippen MR) is 68.1 cm³/mol. The summed E-state index contributed by atoms with van der Waals surface area (Å²) in [5, 5.41) is 9.41. The molecular formula is C14H12N2O4. The van der Waals surface area contributed by atoms with E-state index >= 15 is 0 Å². The van der Waals surface area contributed by atoms with Crippen LogP contribution in [0.4, 0.5) is 0 Å². The average Bonchev–Trinajstić information content (AvgIpc) is 2.94. The number of carbonyl (C=O) groups excluding carboxylic acids is 1. The van der Waals surface area contributed by atoms with Crippen molar-refractivity contribution in [1.82, 2.24) is 9.88 Å². The number of aliphatic carboxylic acids is 1. The molecule has 0 saturated heterocycles. The molecule has 1 amide bonds. The van der Waals surface area contributed by atoms with Gasteiger partial charge in [0.1, 0.15) is 11.5 Å². The quantitative estimate of drug-likeness (QED) is 0.895. The van der Waals surface area contributed by atoms with Crippen molar-refractivity contribution in [3.63, 3.8) is 0 Å². The number of hydrogen-bond donors (Lipinski definition) is 1. The molecule has 1 N–H and O–H groups in total. The SMILES string of the molecule is O=C(O)C1c2ccoc2CCN1C(=O)c1ccccn1. The van der Waals surface area contributed by atoms with Crippen molar-refractivity contribution in [3.05, 3.63) is 53.7 Å². The Morgan fingerprint density at radius 2 is 2.20 bits per heavy atom. The molecule has 6 heteroatoms. The number of furan rings is 1. The second-order valence-corrected chi connectivity index (χ2v) is 4.50. The highest BCUT2D eigenvalue weighted by Crippen LogP contribution is 2.31. The number of carboxylic acid groups (broad SMARTS) is 1. The van der Waals surface area contributed by atoms with Crippen LogP contribution in [-0.4, -0.2) is 33.4 Å². The molecule has 1 atom stereocenters. The molecule has 0 saturated carbocycles. The maximum Gasteiger partial charge on any atom is 0.331 e. The van der Waals surface area contributed by atoms with Gasteiger partial charge in [0.2, 0.25) is 0 Å². The first-order valence-electron chi connectivity index (χ1n) is 6.19. The van der Waals surface area contributed by atoms with Crippen LogP contribution in [0.25, 0.3) is 0 Å². The van der Waals surface area contributed by atoms with Gasteiger partial charge in [-0.3, -0.25) is 9.78 Å². The number of carboxylic acids is 1. The Hall–Kier alpha value is -2.63. The first-order valence-corrected chi connectivity index (χ1v) is 6.19. The van der Waals surface area contributed by atoms with Gasteiger partial charge in [0.25, 0.3) is 5.91 Å². The van der Waals surface area contributed by atoms with E-state index in [9.17, 15) is 14.7 Å². The van der Waals surface area contributed by atoms with Gasteiger partial charge < -0.3 is 14.4 Å². The van der Waals surface area contributed by atoms with Crippen LogP contribution in [0.1, 0.15) is 27.9 Å². The number of carbonyl (C=O) groups is 2. The molecule has 0 radical (unpaired) electrons. The van der Waals surface area contributed by atoms with Gasteiger partial charge in [0.15, 0.2) is 6.04 Å². The van der Waals surface area contributed by atoms with Crippen molar-refractivity contribution in [3.8, 4) is 0 Å². The van der Waals surface area contributed by atoms with E-state index in [1.54, 1.807) is 24.3 Å². The smallest absolute Gasteiger partial charge is 0.331 e. The molecule has 3 heterocycles. The van der Waals surface area contributed by atoms with Gasteiger partial charge in [-0.2, -0.15) is 0 Å². The molecule has 6 nitrogen and oxygen atoms in total. The molecule has 102 valence electrons. The lowest BCUT2D eigenvalue weighted by Gasteiger charge is -2.32. The second-order valence-electron chi connectivity index (χ2n) is 4.50. The van der Waals surface area contributed by atoms with E-state index in [1.807, 2.05) is 0 Å². The van der Waals surface area contributed by atoms with E-state index in [0.29, 0.717) is 24.3 Å². The molecule has 1 unspecified atom stereocenters. The highest BCUT2D eigenvalue weighted by Gasteiger charge is 2.38. The molecule has 1 aliphatic rings. The minimum atomic E-state index is -1.07. The fourth-order valence-corrected chi connectivity index (χ4v) is 2.44. The van der Waals surface area contributed by atoms with Crippen molar-refractivity contribution in [1.29, 1.82) is 0 Å². The summed E-state index contributed by atoms with van der Waals surface area (Å²) in [4.78, 5) is 29.2.